The summed E-state index contributed by atoms with van der Waals surface area (Å²) in [4.78, 5) is 22.2. The molecule has 2 aromatic carbocycles. The number of fused-ring (bicyclic) bond motifs is 1. The van der Waals surface area contributed by atoms with Crippen molar-refractivity contribution in [2.24, 2.45) is 0 Å². The maximum Gasteiger partial charge on any atom is 0.254 e. The van der Waals surface area contributed by atoms with E-state index in [4.69, 9.17) is 4.42 Å². The van der Waals surface area contributed by atoms with Crippen LogP contribution in [0.5, 0.6) is 0 Å². The molecule has 2 aliphatic rings. The fourth-order valence-electron chi connectivity index (χ4n) is 4.39. The topological polar surface area (TPSA) is 49.6 Å². The first-order valence-corrected chi connectivity index (χ1v) is 9.93. The van der Waals surface area contributed by atoms with Crippen molar-refractivity contribution in [3.8, 4) is 11.5 Å². The molecule has 1 aliphatic heterocycles. The van der Waals surface area contributed by atoms with Gasteiger partial charge >= 0.3 is 0 Å². The molecule has 0 atom stereocenters. The first-order chi connectivity index (χ1) is 13.4. The quantitative estimate of drug-likeness (QED) is 0.678. The Kier molecular flexibility index (Phi) is 3.85. The monoisotopic (exact) mass is 375 g/mol. The zero-order valence-electron chi connectivity index (χ0n) is 16.7. The summed E-state index contributed by atoms with van der Waals surface area (Å²) >= 11 is 0. The van der Waals surface area contributed by atoms with Gasteiger partial charge in [0.05, 0.1) is 0 Å². The molecule has 0 radical (unpaired) electrons. The molecule has 0 N–H and O–H groups in total. The van der Waals surface area contributed by atoms with Crippen molar-refractivity contribution < 1.29 is 9.21 Å². The third-order valence-corrected chi connectivity index (χ3v) is 6.22. The van der Waals surface area contributed by atoms with Crippen LogP contribution in [0.3, 0.4) is 0 Å². The number of rotatable bonds is 2. The fourth-order valence-corrected chi connectivity index (χ4v) is 4.39. The van der Waals surface area contributed by atoms with Crippen LogP contribution >= 0.6 is 0 Å². The Hall–Kier alpha value is -2.66. The highest BCUT2D eigenvalue weighted by atomic mass is 16.3. The van der Waals surface area contributed by atoms with E-state index in [1.54, 1.807) is 0 Å². The molecule has 2 heterocycles. The normalized spacial score (nSPS) is 18.8. The standard InChI is InChI=1S/C23H25N3O2/c1-15-10-16(2)12-18(11-15)21-24-19-13-17(4-5-20(19)28-21)22(27)26-9-8-25(3)23(14-26)6-7-23/h4-5,10-13H,6-9,14H2,1-3H3. The van der Waals surface area contributed by atoms with Gasteiger partial charge in [0, 0.05) is 36.3 Å². The lowest BCUT2D eigenvalue weighted by Crippen LogP contribution is -2.54. The van der Waals surface area contributed by atoms with Gasteiger partial charge in [0.2, 0.25) is 5.89 Å². The van der Waals surface area contributed by atoms with Crippen LogP contribution < -0.4 is 0 Å². The van der Waals surface area contributed by atoms with Gasteiger partial charge in [-0.1, -0.05) is 17.2 Å². The molecule has 2 fully saturated rings. The van der Waals surface area contributed by atoms with Crippen LogP contribution in [0.4, 0.5) is 0 Å². The van der Waals surface area contributed by atoms with Gasteiger partial charge < -0.3 is 9.32 Å². The van der Waals surface area contributed by atoms with E-state index < -0.39 is 0 Å². The van der Waals surface area contributed by atoms with Crippen molar-refractivity contribution in [1.29, 1.82) is 0 Å². The van der Waals surface area contributed by atoms with E-state index in [1.165, 1.54) is 24.0 Å². The largest absolute Gasteiger partial charge is 0.436 e. The predicted molar refractivity (Wildman–Crippen MR) is 109 cm³/mol. The van der Waals surface area contributed by atoms with E-state index in [2.05, 4.69) is 49.0 Å². The molecule has 5 rings (SSSR count). The maximum absolute atomic E-state index is 13.1. The number of carbonyl (C=O) groups excluding carboxylic acids is 1. The van der Waals surface area contributed by atoms with Crippen LogP contribution in [0.2, 0.25) is 0 Å². The molecule has 28 heavy (non-hydrogen) atoms. The first kappa shape index (κ1) is 17.4. The zero-order valence-corrected chi connectivity index (χ0v) is 16.7. The second-order valence-corrected chi connectivity index (χ2v) is 8.45. The Morgan fingerprint density at radius 2 is 1.82 bits per heavy atom. The number of carbonyl (C=O) groups is 1. The van der Waals surface area contributed by atoms with E-state index >= 15 is 0 Å². The smallest absolute Gasteiger partial charge is 0.254 e. The van der Waals surface area contributed by atoms with Crippen molar-refractivity contribution >= 4 is 17.0 Å². The molecule has 1 spiro atoms. The van der Waals surface area contributed by atoms with Crippen LogP contribution in [0, 0.1) is 13.8 Å². The molecule has 144 valence electrons. The minimum atomic E-state index is 0.0947. The van der Waals surface area contributed by atoms with E-state index in [1.807, 2.05) is 23.1 Å². The van der Waals surface area contributed by atoms with E-state index in [9.17, 15) is 4.79 Å². The van der Waals surface area contributed by atoms with E-state index in [0.29, 0.717) is 17.0 Å². The Bertz CT molecular complexity index is 1060. The first-order valence-electron chi connectivity index (χ1n) is 9.93. The zero-order chi connectivity index (χ0) is 19.5. The number of likely N-dealkylation sites (N-methyl/N-ethyl adjacent to an activating group) is 1. The van der Waals surface area contributed by atoms with Gasteiger partial charge in [0.1, 0.15) is 5.52 Å². The second-order valence-electron chi connectivity index (χ2n) is 8.45. The van der Waals surface area contributed by atoms with E-state index in [-0.39, 0.29) is 11.4 Å². The van der Waals surface area contributed by atoms with Gasteiger partial charge in [0.15, 0.2) is 5.58 Å². The van der Waals surface area contributed by atoms with Crippen LogP contribution in [-0.2, 0) is 0 Å². The SMILES string of the molecule is Cc1cc(C)cc(-c2nc3cc(C(=O)N4CCN(C)C5(CC5)C4)ccc3o2)c1. The van der Waals surface area contributed by atoms with Crippen molar-refractivity contribution in [3.05, 3.63) is 53.1 Å². The van der Waals surface area contributed by atoms with Crippen LogP contribution in [0.1, 0.15) is 34.3 Å². The van der Waals surface area contributed by atoms with Crippen LogP contribution in [0.15, 0.2) is 40.8 Å². The number of nitrogens with zero attached hydrogens (tertiary/aromatic N) is 3. The lowest BCUT2D eigenvalue weighted by molar-refractivity contribution is 0.0497. The third kappa shape index (κ3) is 2.90. The van der Waals surface area contributed by atoms with Crippen molar-refractivity contribution in [3.63, 3.8) is 0 Å². The summed E-state index contributed by atoms with van der Waals surface area (Å²) in [6.45, 7) is 6.68. The fraction of sp³-hybridized carbons (Fsp3) is 0.391. The molecular weight excluding hydrogens is 350 g/mol. The van der Waals surface area contributed by atoms with Gasteiger partial charge in [-0.05, 0) is 64.1 Å². The summed E-state index contributed by atoms with van der Waals surface area (Å²) in [6.07, 6.45) is 2.38. The maximum atomic E-state index is 13.1. The molecule has 1 aliphatic carbocycles. The predicted octanol–water partition coefficient (Wildman–Crippen LogP) is 4.03. The Balaban J connectivity index is 1.44. The lowest BCUT2D eigenvalue weighted by Gasteiger charge is -2.40. The molecule has 1 aromatic heterocycles. The van der Waals surface area contributed by atoms with Crippen LogP contribution in [-0.4, -0.2) is 52.9 Å². The van der Waals surface area contributed by atoms with Crippen molar-refractivity contribution in [1.82, 2.24) is 14.8 Å². The van der Waals surface area contributed by atoms with Gasteiger partial charge in [-0.3, -0.25) is 9.69 Å². The second kappa shape index (κ2) is 6.17. The summed E-state index contributed by atoms with van der Waals surface area (Å²) in [5.41, 5.74) is 5.68. The average molecular weight is 375 g/mol. The number of amides is 1. The molecular formula is C23H25N3O2. The molecule has 1 amide bonds. The molecule has 1 saturated heterocycles. The molecule has 5 heteroatoms. The number of aromatic nitrogens is 1. The van der Waals surface area contributed by atoms with E-state index in [0.717, 1.165) is 30.7 Å². The van der Waals surface area contributed by atoms with Gasteiger partial charge in [-0.15, -0.1) is 0 Å². The highest BCUT2D eigenvalue weighted by molar-refractivity contribution is 5.97. The third-order valence-electron chi connectivity index (χ3n) is 6.22. The number of hydrogen-bond acceptors (Lipinski definition) is 4. The minimum absolute atomic E-state index is 0.0947. The summed E-state index contributed by atoms with van der Waals surface area (Å²) in [6, 6.07) is 11.9. The Morgan fingerprint density at radius 1 is 1.07 bits per heavy atom. The number of benzene rings is 2. The minimum Gasteiger partial charge on any atom is -0.436 e. The van der Waals surface area contributed by atoms with Gasteiger partial charge in [-0.25, -0.2) is 4.98 Å². The molecule has 3 aromatic rings. The molecule has 0 bridgehead atoms. The Morgan fingerprint density at radius 3 is 2.54 bits per heavy atom. The van der Waals surface area contributed by atoms with Crippen molar-refractivity contribution in [2.45, 2.75) is 32.2 Å². The van der Waals surface area contributed by atoms with Gasteiger partial charge in [0.25, 0.3) is 5.91 Å². The lowest BCUT2D eigenvalue weighted by atomic mass is 10.1. The summed E-state index contributed by atoms with van der Waals surface area (Å²) in [5.74, 6) is 0.695. The summed E-state index contributed by atoms with van der Waals surface area (Å²) in [5, 5.41) is 0. The average Bonchev–Trinajstić information content (AvgIpc) is 3.30. The number of hydrogen-bond donors (Lipinski definition) is 0. The number of piperazine rings is 1. The highest BCUT2D eigenvalue weighted by Gasteiger charge is 2.50. The number of aryl methyl sites for hydroxylation is 2. The summed E-state index contributed by atoms with van der Waals surface area (Å²) in [7, 11) is 2.17. The van der Waals surface area contributed by atoms with Gasteiger partial charge in [-0.2, -0.15) is 0 Å². The Labute approximate surface area is 165 Å². The summed E-state index contributed by atoms with van der Waals surface area (Å²) < 4.78 is 5.96. The number of oxazole rings is 1. The molecule has 5 nitrogen and oxygen atoms in total. The highest BCUT2D eigenvalue weighted by Crippen LogP contribution is 2.43. The molecule has 1 saturated carbocycles. The van der Waals surface area contributed by atoms with Crippen molar-refractivity contribution in [2.75, 3.05) is 26.7 Å². The van der Waals surface area contributed by atoms with Crippen LogP contribution in [0.25, 0.3) is 22.6 Å². The molecule has 0 unspecified atom stereocenters.